The average Bonchev–Trinajstić information content (AvgIpc) is 1.75. The number of halogens is 1. The zero-order valence-electron chi connectivity index (χ0n) is 51.1. The Bertz CT molecular complexity index is 4060. The molecule has 26 heteroatoms. The summed E-state index contributed by atoms with van der Waals surface area (Å²) in [5, 5.41) is 22.4. The molecular weight excluding hydrogens is 1230 g/mol. The first-order valence-electron chi connectivity index (χ1n) is 31.4. The SMILES string of the molecule is O=C1CCC(N2Cc3c(NCCOCCC(=O)N4CCC(COc5cccc(-c6ccc(Cl)cc6)c5CN5CCN(c6ccc(C(=O)NS(=O)(=O)c7ccc(NCC8CCOCC8)c([N+](=O)[O-])c7)c(Oc7cnc8[nH]ccc8c7)c6)CC5)CC4)cccc3C2=O)C(=O)N1. The van der Waals surface area contributed by atoms with Crippen molar-refractivity contribution in [2.75, 3.05) is 101 Å². The van der Waals surface area contributed by atoms with Gasteiger partial charge in [0.25, 0.3) is 27.5 Å². The molecule has 4 fully saturated rings. The maximum Gasteiger partial charge on any atom is 0.293 e. The Hall–Kier alpha value is -9.14. The summed E-state index contributed by atoms with van der Waals surface area (Å²) in [7, 11) is -4.63. The number of nitrogens with zero attached hydrogens (tertiary/aromatic N) is 6. The number of H-pyrrole nitrogens is 1. The summed E-state index contributed by atoms with van der Waals surface area (Å²) in [5.74, 6) is -0.391. The number of pyridine rings is 1. The van der Waals surface area contributed by atoms with E-state index in [4.69, 9.17) is 30.5 Å². The molecule has 5 aliphatic rings. The quantitative estimate of drug-likeness (QED) is 0.0163. The van der Waals surface area contributed by atoms with Crippen LogP contribution < -0.4 is 35.0 Å². The van der Waals surface area contributed by atoms with Gasteiger partial charge in [-0.05, 0) is 122 Å². The summed E-state index contributed by atoms with van der Waals surface area (Å²) in [6.07, 6.45) is 7.12. The summed E-state index contributed by atoms with van der Waals surface area (Å²) in [5.41, 5.74) is 6.11. The fourth-order valence-corrected chi connectivity index (χ4v) is 13.8. The van der Waals surface area contributed by atoms with Gasteiger partial charge in [-0.3, -0.25) is 44.3 Å². The Morgan fingerprint density at radius 3 is 2.38 bits per heavy atom. The van der Waals surface area contributed by atoms with E-state index in [-0.39, 0.29) is 72.6 Å². The van der Waals surface area contributed by atoms with Crippen molar-refractivity contribution < 1.29 is 56.3 Å². The summed E-state index contributed by atoms with van der Waals surface area (Å²) in [6.45, 7) is 7.70. The number of piperazine rings is 1. The highest BCUT2D eigenvalue weighted by Gasteiger charge is 2.40. The topological polar surface area (TPSA) is 289 Å². The molecule has 5 aromatic carbocycles. The molecule has 0 saturated carbocycles. The van der Waals surface area contributed by atoms with Crippen molar-refractivity contribution >= 4 is 84.9 Å². The van der Waals surface area contributed by atoms with Gasteiger partial charge in [-0.1, -0.05) is 41.9 Å². The van der Waals surface area contributed by atoms with Gasteiger partial charge in [0, 0.05) is 142 Å². The zero-order valence-corrected chi connectivity index (χ0v) is 52.7. The van der Waals surface area contributed by atoms with Gasteiger partial charge in [0.05, 0.1) is 47.8 Å². The van der Waals surface area contributed by atoms with E-state index in [1.807, 2.05) is 53.4 Å². The number of hydrogen-bond donors (Lipinski definition) is 5. The summed E-state index contributed by atoms with van der Waals surface area (Å²) < 4.78 is 54.3. The first-order chi connectivity index (χ1) is 45.1. The molecule has 1 atom stereocenters. The number of ether oxygens (including phenoxy) is 4. The van der Waals surface area contributed by atoms with Gasteiger partial charge in [-0.15, -0.1) is 0 Å². The smallest absolute Gasteiger partial charge is 0.293 e. The van der Waals surface area contributed by atoms with Crippen LogP contribution in [0.15, 0.2) is 126 Å². The summed E-state index contributed by atoms with van der Waals surface area (Å²) in [4.78, 5) is 91.6. The normalized spacial score (nSPS) is 17.5. The maximum absolute atomic E-state index is 14.2. The number of anilines is 3. The van der Waals surface area contributed by atoms with Gasteiger partial charge < -0.3 is 49.3 Å². The third-order valence-corrected chi connectivity index (χ3v) is 19.5. The molecule has 5 N–H and O–H groups in total. The lowest BCUT2D eigenvalue weighted by Crippen LogP contribution is -2.52. The van der Waals surface area contributed by atoms with Crippen molar-refractivity contribution in [1.29, 1.82) is 0 Å². The van der Waals surface area contributed by atoms with Crippen LogP contribution in [-0.2, 0) is 47.0 Å². The van der Waals surface area contributed by atoms with Crippen LogP contribution in [-0.4, -0.2) is 159 Å². The zero-order chi connectivity index (χ0) is 64.6. The Morgan fingerprint density at radius 1 is 0.806 bits per heavy atom. The number of aromatic nitrogens is 2. The van der Waals surface area contributed by atoms with E-state index in [0.29, 0.717) is 114 Å². The number of nitrogens with one attached hydrogen (secondary N) is 5. The number of nitro benzene ring substituents is 1. The molecule has 0 radical (unpaired) electrons. The summed E-state index contributed by atoms with van der Waals surface area (Å²) in [6, 6.07) is 30.6. The number of piperidine rings is 2. The maximum atomic E-state index is 14.2. The molecule has 486 valence electrons. The van der Waals surface area contributed by atoms with Gasteiger partial charge in [0.15, 0.2) is 0 Å². The lowest BCUT2D eigenvalue weighted by Gasteiger charge is -2.37. The predicted molar refractivity (Wildman–Crippen MR) is 348 cm³/mol. The molecule has 0 aliphatic carbocycles. The molecule has 5 aliphatic heterocycles. The van der Waals surface area contributed by atoms with Crippen molar-refractivity contribution in [2.45, 2.75) is 69.0 Å². The fraction of sp³-hybridized carbons (Fsp3) is 0.373. The van der Waals surface area contributed by atoms with E-state index in [0.717, 1.165) is 76.5 Å². The third-order valence-electron chi connectivity index (χ3n) is 17.9. The summed E-state index contributed by atoms with van der Waals surface area (Å²) >= 11 is 6.37. The molecule has 24 nitrogen and oxygen atoms in total. The number of carbonyl (C=O) groups is 5. The second-order valence-corrected chi connectivity index (χ2v) is 26.0. The average molecular weight is 1310 g/mol. The molecule has 12 rings (SSSR count). The number of fused-ring (bicyclic) bond motifs is 2. The number of benzene rings is 5. The second kappa shape index (κ2) is 28.8. The molecule has 7 heterocycles. The van der Waals surface area contributed by atoms with Crippen LogP contribution in [0.5, 0.6) is 17.2 Å². The van der Waals surface area contributed by atoms with Crippen molar-refractivity contribution in [2.24, 2.45) is 11.8 Å². The lowest BCUT2D eigenvalue weighted by atomic mass is 9.96. The Balaban J connectivity index is 0.651. The minimum absolute atomic E-state index is 0.0311. The standard InChI is InChI=1S/C67H72ClN11O13S/c68-47-9-7-45(8-10-47)51-3-2-6-60(91-42-44-18-25-77(26-19-44)63(81)22-33-90-34-24-69-56-5-1-4-52-54(56)41-78(67(52)84)58-15-16-62(80)73-66(58)83)55(51)40-75-27-29-76(30-28-75)48-11-13-53(61(36-48)92-49-35-46-17-23-70-64(46)72-39-49)65(82)74-93(87,88)50-12-14-57(59(37-50)79(85)86)71-38-43-20-31-89-32-21-43/h1-14,17,23,35-37,39,43-44,58,69,71H,15-16,18-22,24-34,38,40-42H2,(H,70,72)(H,74,82)(H,73,80,83). The number of amides is 5. The van der Waals surface area contributed by atoms with Crippen LogP contribution >= 0.6 is 11.6 Å². The van der Waals surface area contributed by atoms with Gasteiger partial charge in [0.2, 0.25) is 17.7 Å². The number of imide groups is 1. The van der Waals surface area contributed by atoms with Crippen molar-refractivity contribution in [3.05, 3.63) is 159 Å². The number of carbonyl (C=O) groups excluding carboxylic acids is 5. The molecule has 0 bridgehead atoms. The van der Waals surface area contributed by atoms with E-state index >= 15 is 0 Å². The predicted octanol–water partition coefficient (Wildman–Crippen LogP) is 8.76. The number of rotatable bonds is 24. The molecule has 93 heavy (non-hydrogen) atoms. The highest BCUT2D eigenvalue weighted by molar-refractivity contribution is 7.90. The number of aromatic amines is 1. The van der Waals surface area contributed by atoms with Crippen LogP contribution in [0.3, 0.4) is 0 Å². The van der Waals surface area contributed by atoms with E-state index in [9.17, 15) is 42.5 Å². The van der Waals surface area contributed by atoms with Crippen LogP contribution in [0.2, 0.25) is 5.02 Å². The van der Waals surface area contributed by atoms with Crippen LogP contribution in [0, 0.1) is 22.0 Å². The number of nitro groups is 1. The van der Waals surface area contributed by atoms with Crippen molar-refractivity contribution in [3.8, 4) is 28.4 Å². The molecule has 7 aromatic rings. The van der Waals surface area contributed by atoms with E-state index in [1.54, 1.807) is 36.5 Å². The lowest BCUT2D eigenvalue weighted by molar-refractivity contribution is -0.384. The fourth-order valence-electron chi connectivity index (χ4n) is 12.6. The Labute approximate surface area is 542 Å². The number of sulfonamides is 1. The molecule has 4 saturated heterocycles. The van der Waals surface area contributed by atoms with Gasteiger partial charge in [-0.25, -0.2) is 18.1 Å². The molecule has 0 spiro atoms. The molecule has 1 unspecified atom stereocenters. The minimum atomic E-state index is -4.63. The Morgan fingerprint density at radius 2 is 1.59 bits per heavy atom. The highest BCUT2D eigenvalue weighted by Crippen LogP contribution is 2.38. The molecular formula is C67H72ClN11O13S. The molecule has 5 amide bonds. The Kier molecular flexibility index (Phi) is 19.8. The monoisotopic (exact) mass is 1310 g/mol. The second-order valence-electron chi connectivity index (χ2n) is 23.9. The largest absolute Gasteiger partial charge is 0.493 e. The van der Waals surface area contributed by atoms with E-state index < -0.39 is 43.4 Å². The van der Waals surface area contributed by atoms with Gasteiger partial charge in [-0.2, -0.15) is 0 Å². The molecule has 2 aromatic heterocycles. The first-order valence-corrected chi connectivity index (χ1v) is 33.2. The third kappa shape index (κ3) is 15.2. The highest BCUT2D eigenvalue weighted by atomic mass is 35.5. The van der Waals surface area contributed by atoms with Gasteiger partial charge >= 0.3 is 0 Å². The van der Waals surface area contributed by atoms with Crippen molar-refractivity contribution in [1.82, 2.24) is 34.7 Å². The minimum Gasteiger partial charge on any atom is -0.493 e. The van der Waals surface area contributed by atoms with Crippen LogP contribution in [0.1, 0.15) is 76.8 Å². The van der Waals surface area contributed by atoms with E-state index in [2.05, 4.69) is 46.5 Å². The van der Waals surface area contributed by atoms with Crippen LogP contribution in [0.25, 0.3) is 22.2 Å². The van der Waals surface area contributed by atoms with Crippen molar-refractivity contribution in [3.63, 3.8) is 0 Å². The number of likely N-dealkylation sites (tertiary alicyclic amines) is 1. The van der Waals surface area contributed by atoms with E-state index in [1.165, 1.54) is 29.3 Å². The first kappa shape index (κ1) is 64.0. The van der Waals surface area contributed by atoms with Gasteiger partial charge in [0.1, 0.15) is 34.6 Å². The number of hydrogen-bond acceptors (Lipinski definition) is 18. The van der Waals surface area contributed by atoms with Crippen LogP contribution in [0.4, 0.5) is 22.7 Å².